The molecule has 1 heterocycles. The zero-order chi connectivity index (χ0) is 21.3. The molecule has 7 nitrogen and oxygen atoms in total. The van der Waals surface area contributed by atoms with Gasteiger partial charge < -0.3 is 15.0 Å². The first-order chi connectivity index (χ1) is 14.5. The van der Waals surface area contributed by atoms with Gasteiger partial charge in [-0.1, -0.05) is 24.3 Å². The number of carbonyl (C=O) groups excluding carboxylic acids is 2. The van der Waals surface area contributed by atoms with Gasteiger partial charge in [-0.3, -0.25) is 4.79 Å². The lowest BCUT2D eigenvalue weighted by atomic mass is 10.0. The number of carbonyl (C=O) groups is 2. The van der Waals surface area contributed by atoms with Crippen molar-refractivity contribution in [1.82, 2.24) is 20.2 Å². The summed E-state index contributed by atoms with van der Waals surface area (Å²) in [6, 6.07) is 14.5. The molecule has 0 bridgehead atoms. The molecule has 152 valence electrons. The number of fused-ring (bicyclic) bond motifs is 4. The fourth-order valence-corrected chi connectivity index (χ4v) is 3.48. The van der Waals surface area contributed by atoms with Crippen molar-refractivity contribution in [2.75, 3.05) is 34.3 Å². The Labute approximate surface area is 173 Å². The number of rotatable bonds is 5. The van der Waals surface area contributed by atoms with Gasteiger partial charge in [-0.25, -0.2) is 14.8 Å². The molecule has 0 aliphatic heterocycles. The Kier molecular flexibility index (Phi) is 5.29. The van der Waals surface area contributed by atoms with Gasteiger partial charge in [0.05, 0.1) is 34.8 Å². The summed E-state index contributed by atoms with van der Waals surface area (Å²) in [5.41, 5.74) is 3.45. The smallest absolute Gasteiger partial charge is 0.338 e. The normalized spacial score (nSPS) is 11.3. The highest BCUT2D eigenvalue weighted by Gasteiger charge is 2.16. The molecule has 0 aliphatic rings. The molecule has 0 fully saturated rings. The van der Waals surface area contributed by atoms with Gasteiger partial charge >= 0.3 is 5.97 Å². The molecule has 0 radical (unpaired) electrons. The molecule has 0 saturated heterocycles. The SMILES string of the molecule is COC(=O)c1cccc2c1ccc1nc3cccc(C(=O)NCCN(C)C)c3nc12. The highest BCUT2D eigenvalue weighted by Crippen LogP contribution is 2.28. The van der Waals surface area contributed by atoms with Crippen LogP contribution in [0.2, 0.25) is 0 Å². The largest absolute Gasteiger partial charge is 0.465 e. The molecular weight excluding hydrogens is 380 g/mol. The summed E-state index contributed by atoms with van der Waals surface area (Å²) >= 11 is 0. The van der Waals surface area contributed by atoms with Gasteiger partial charge in [0.25, 0.3) is 5.91 Å². The van der Waals surface area contributed by atoms with Gasteiger partial charge in [-0.2, -0.15) is 0 Å². The Morgan fingerprint density at radius 2 is 1.63 bits per heavy atom. The highest BCUT2D eigenvalue weighted by atomic mass is 16.5. The van der Waals surface area contributed by atoms with E-state index < -0.39 is 5.97 Å². The average molecular weight is 402 g/mol. The number of aromatic nitrogens is 2. The van der Waals surface area contributed by atoms with Crippen LogP contribution < -0.4 is 5.32 Å². The second kappa shape index (κ2) is 8.04. The summed E-state index contributed by atoms with van der Waals surface area (Å²) < 4.78 is 4.90. The molecule has 0 spiro atoms. The third-order valence-electron chi connectivity index (χ3n) is 4.99. The maximum atomic E-state index is 12.8. The van der Waals surface area contributed by atoms with E-state index in [1.165, 1.54) is 7.11 Å². The fraction of sp³-hybridized carbons (Fsp3) is 0.217. The third kappa shape index (κ3) is 3.55. The summed E-state index contributed by atoms with van der Waals surface area (Å²) in [5.74, 6) is -0.596. The second-order valence-corrected chi connectivity index (χ2v) is 7.28. The molecule has 4 rings (SSSR count). The first-order valence-corrected chi connectivity index (χ1v) is 9.63. The topological polar surface area (TPSA) is 84.4 Å². The van der Waals surface area contributed by atoms with E-state index in [4.69, 9.17) is 14.7 Å². The van der Waals surface area contributed by atoms with Crippen molar-refractivity contribution in [2.45, 2.75) is 0 Å². The lowest BCUT2D eigenvalue weighted by molar-refractivity contribution is 0.0603. The second-order valence-electron chi connectivity index (χ2n) is 7.28. The van der Waals surface area contributed by atoms with Gasteiger partial charge in [0.1, 0.15) is 5.52 Å². The number of esters is 1. The number of nitrogens with zero attached hydrogens (tertiary/aromatic N) is 3. The first-order valence-electron chi connectivity index (χ1n) is 9.63. The maximum Gasteiger partial charge on any atom is 0.338 e. The quantitative estimate of drug-likeness (QED) is 0.314. The molecule has 0 atom stereocenters. The van der Waals surface area contributed by atoms with Crippen molar-refractivity contribution in [2.24, 2.45) is 0 Å². The van der Waals surface area contributed by atoms with Crippen LogP contribution in [0.25, 0.3) is 32.8 Å². The fourth-order valence-electron chi connectivity index (χ4n) is 3.48. The lowest BCUT2D eigenvalue weighted by Crippen LogP contribution is -2.31. The number of benzene rings is 3. The van der Waals surface area contributed by atoms with Gasteiger partial charge in [0.2, 0.25) is 0 Å². The summed E-state index contributed by atoms with van der Waals surface area (Å²) in [7, 11) is 5.27. The van der Waals surface area contributed by atoms with Crippen LogP contribution in [-0.2, 0) is 4.74 Å². The number of nitrogens with one attached hydrogen (secondary N) is 1. The number of amides is 1. The van der Waals surface area contributed by atoms with Crippen molar-refractivity contribution in [3.63, 3.8) is 0 Å². The van der Waals surface area contributed by atoms with E-state index in [1.807, 2.05) is 43.3 Å². The molecule has 4 aromatic rings. The summed E-state index contributed by atoms with van der Waals surface area (Å²) in [4.78, 5) is 36.4. The third-order valence-corrected chi connectivity index (χ3v) is 4.99. The average Bonchev–Trinajstić information content (AvgIpc) is 2.75. The van der Waals surface area contributed by atoms with Crippen molar-refractivity contribution in [1.29, 1.82) is 0 Å². The highest BCUT2D eigenvalue weighted by molar-refractivity contribution is 6.14. The van der Waals surface area contributed by atoms with Gasteiger partial charge in [0.15, 0.2) is 0 Å². The van der Waals surface area contributed by atoms with Gasteiger partial charge in [-0.15, -0.1) is 0 Å². The van der Waals surface area contributed by atoms with Crippen molar-refractivity contribution in [3.05, 3.63) is 59.7 Å². The number of hydrogen-bond donors (Lipinski definition) is 1. The van der Waals surface area contributed by atoms with Crippen LogP contribution >= 0.6 is 0 Å². The molecule has 3 aromatic carbocycles. The Morgan fingerprint density at radius 1 is 0.900 bits per heavy atom. The number of likely N-dealkylation sites (N-methyl/N-ethyl adjacent to an activating group) is 1. The number of methoxy groups -OCH3 is 1. The zero-order valence-corrected chi connectivity index (χ0v) is 17.1. The standard InChI is InChI=1S/C23H22N4O3/c1-27(2)13-12-24-22(28)17-8-5-9-18-21(17)26-20-15-6-4-7-16(23(29)30-3)14(15)10-11-19(20)25-18/h4-11H,12-13H2,1-3H3,(H,24,28). The van der Waals surface area contributed by atoms with E-state index >= 15 is 0 Å². The van der Waals surface area contributed by atoms with Crippen LogP contribution in [0.1, 0.15) is 20.7 Å². The minimum atomic E-state index is -0.408. The Hall–Kier alpha value is -3.58. The zero-order valence-electron chi connectivity index (χ0n) is 17.1. The Balaban J connectivity index is 1.88. The molecule has 0 unspecified atom stereocenters. The molecule has 0 saturated carbocycles. The lowest BCUT2D eigenvalue weighted by Gasteiger charge is -2.12. The molecule has 30 heavy (non-hydrogen) atoms. The van der Waals surface area contributed by atoms with Gasteiger partial charge in [0, 0.05) is 18.5 Å². The van der Waals surface area contributed by atoms with Crippen molar-refractivity contribution < 1.29 is 14.3 Å². The van der Waals surface area contributed by atoms with E-state index in [2.05, 4.69) is 5.32 Å². The Morgan fingerprint density at radius 3 is 2.40 bits per heavy atom. The summed E-state index contributed by atoms with van der Waals surface area (Å²) in [6.45, 7) is 1.28. The summed E-state index contributed by atoms with van der Waals surface area (Å²) in [6.07, 6.45) is 0. The molecule has 7 heteroatoms. The van der Waals surface area contributed by atoms with Crippen LogP contribution in [0.4, 0.5) is 0 Å². The van der Waals surface area contributed by atoms with E-state index in [9.17, 15) is 9.59 Å². The van der Waals surface area contributed by atoms with E-state index in [0.717, 1.165) is 17.3 Å². The number of hydrogen-bond acceptors (Lipinski definition) is 6. The van der Waals surface area contributed by atoms with Crippen LogP contribution in [0.15, 0.2) is 48.5 Å². The molecule has 1 N–H and O–H groups in total. The van der Waals surface area contributed by atoms with Crippen molar-refractivity contribution >= 4 is 44.7 Å². The predicted octanol–water partition coefficient (Wildman–Crippen LogP) is 3.01. The number of para-hydroxylation sites is 1. The van der Waals surface area contributed by atoms with Crippen LogP contribution in [0.5, 0.6) is 0 Å². The molecular formula is C23H22N4O3. The summed E-state index contributed by atoms with van der Waals surface area (Å²) in [5, 5.41) is 4.45. The van der Waals surface area contributed by atoms with Crippen molar-refractivity contribution in [3.8, 4) is 0 Å². The first kappa shape index (κ1) is 19.7. The van der Waals surface area contributed by atoms with Crippen LogP contribution in [0, 0.1) is 0 Å². The minimum Gasteiger partial charge on any atom is -0.465 e. The Bertz CT molecular complexity index is 1280. The molecule has 1 aromatic heterocycles. The van der Waals surface area contributed by atoms with E-state index in [0.29, 0.717) is 39.7 Å². The number of ether oxygens (including phenoxy) is 1. The maximum absolute atomic E-state index is 12.8. The van der Waals surface area contributed by atoms with Gasteiger partial charge in [-0.05, 0) is 43.7 Å². The molecule has 0 aliphatic carbocycles. The minimum absolute atomic E-state index is 0.188. The predicted molar refractivity (Wildman–Crippen MR) is 117 cm³/mol. The van der Waals surface area contributed by atoms with Crippen LogP contribution in [-0.4, -0.2) is 61.0 Å². The van der Waals surface area contributed by atoms with Crippen LogP contribution in [0.3, 0.4) is 0 Å². The van der Waals surface area contributed by atoms with E-state index in [1.54, 1.807) is 24.3 Å². The van der Waals surface area contributed by atoms with E-state index in [-0.39, 0.29) is 5.91 Å². The monoisotopic (exact) mass is 402 g/mol. The molecule has 1 amide bonds.